The van der Waals surface area contributed by atoms with Crippen molar-refractivity contribution in [2.45, 2.75) is 76.4 Å². The molecule has 0 aromatic heterocycles. The van der Waals surface area contributed by atoms with Crippen LogP contribution in [0.2, 0.25) is 0 Å². The van der Waals surface area contributed by atoms with Gasteiger partial charge in [-0.15, -0.1) is 0 Å². The summed E-state index contributed by atoms with van der Waals surface area (Å²) in [4.78, 5) is 10.7. The Bertz CT molecular complexity index is 436. The lowest BCUT2D eigenvalue weighted by Gasteiger charge is -2.19. The van der Waals surface area contributed by atoms with Gasteiger partial charge >= 0.3 is 0 Å². The maximum Gasteiger partial charge on any atom is 0.217 e. The summed E-state index contributed by atoms with van der Waals surface area (Å²) in [6, 6.07) is 0. The average molecular weight is 368 g/mol. The summed E-state index contributed by atoms with van der Waals surface area (Å²) in [7, 11) is 1.73. The van der Waals surface area contributed by atoms with E-state index in [-0.39, 0.29) is 17.7 Å². The molecule has 0 bridgehead atoms. The van der Waals surface area contributed by atoms with Gasteiger partial charge in [-0.25, -0.2) is 0 Å². The molecule has 5 heteroatoms. The molecule has 0 aliphatic heterocycles. The van der Waals surface area contributed by atoms with Crippen molar-refractivity contribution in [2.75, 3.05) is 13.7 Å². The zero-order chi connectivity index (χ0) is 19.2. The van der Waals surface area contributed by atoms with Crippen LogP contribution in [0.4, 0.5) is 0 Å². The Balaban J connectivity index is 2.31. The third-order valence-corrected chi connectivity index (χ3v) is 5.11. The molecule has 1 amide bonds. The number of carbonyl (C=O) groups is 1. The Labute approximate surface area is 158 Å². The van der Waals surface area contributed by atoms with Gasteiger partial charge in [-0.2, -0.15) is 0 Å². The second-order valence-corrected chi connectivity index (χ2v) is 7.30. The van der Waals surface area contributed by atoms with E-state index in [0.29, 0.717) is 12.8 Å². The van der Waals surface area contributed by atoms with Gasteiger partial charge in [-0.3, -0.25) is 4.79 Å². The Morgan fingerprint density at radius 1 is 1.04 bits per heavy atom. The first-order chi connectivity index (χ1) is 12.6. The summed E-state index contributed by atoms with van der Waals surface area (Å²) < 4.78 is 5.04. The maximum absolute atomic E-state index is 10.7. The van der Waals surface area contributed by atoms with Gasteiger partial charge in [0.2, 0.25) is 5.91 Å². The first-order valence-electron chi connectivity index (χ1n) is 10.0. The van der Waals surface area contributed by atoms with Crippen LogP contribution in [0.5, 0.6) is 0 Å². The van der Waals surface area contributed by atoms with Gasteiger partial charge in [0.05, 0.1) is 12.2 Å². The Morgan fingerprint density at radius 2 is 1.77 bits per heavy atom. The molecule has 0 radical (unpaired) electrons. The number of primary amides is 1. The van der Waals surface area contributed by atoms with Crippen molar-refractivity contribution in [3.63, 3.8) is 0 Å². The topological polar surface area (TPSA) is 92.8 Å². The smallest absolute Gasteiger partial charge is 0.217 e. The minimum atomic E-state index is -0.462. The fourth-order valence-corrected chi connectivity index (χ4v) is 3.59. The summed E-state index contributed by atoms with van der Waals surface area (Å²) in [5, 5.41) is 20.5. The highest BCUT2D eigenvalue weighted by atomic mass is 16.5. The van der Waals surface area contributed by atoms with Gasteiger partial charge < -0.3 is 20.7 Å². The van der Waals surface area contributed by atoms with Crippen LogP contribution in [0.25, 0.3) is 0 Å². The fourth-order valence-electron chi connectivity index (χ4n) is 3.59. The van der Waals surface area contributed by atoms with E-state index >= 15 is 0 Å². The molecule has 4 atom stereocenters. The maximum atomic E-state index is 10.7. The number of ether oxygens (including phenoxy) is 1. The molecule has 0 heterocycles. The molecule has 1 fully saturated rings. The van der Waals surface area contributed by atoms with Crippen molar-refractivity contribution < 1.29 is 19.7 Å². The van der Waals surface area contributed by atoms with Crippen LogP contribution in [0.3, 0.4) is 0 Å². The van der Waals surface area contributed by atoms with Crippen LogP contribution in [-0.4, -0.2) is 42.0 Å². The number of carbonyl (C=O) groups excluding carboxylic acids is 1. The van der Waals surface area contributed by atoms with Crippen LogP contribution >= 0.6 is 0 Å². The number of aliphatic hydroxyl groups excluding tert-OH is 2. The largest absolute Gasteiger partial charge is 0.393 e. The van der Waals surface area contributed by atoms with E-state index in [2.05, 4.69) is 18.2 Å². The lowest BCUT2D eigenvalue weighted by molar-refractivity contribution is -0.118. The van der Waals surface area contributed by atoms with Gasteiger partial charge in [0, 0.05) is 32.5 Å². The van der Waals surface area contributed by atoms with Crippen molar-refractivity contribution in [1.82, 2.24) is 0 Å². The highest BCUT2D eigenvalue weighted by Crippen LogP contribution is 2.36. The highest BCUT2D eigenvalue weighted by Gasteiger charge is 2.39. The molecule has 4 N–H and O–H groups in total. The number of unbranched alkanes of at least 4 members (excludes halogenated alkanes) is 5. The average Bonchev–Trinajstić information content (AvgIpc) is 2.86. The second-order valence-electron chi connectivity index (χ2n) is 7.30. The van der Waals surface area contributed by atoms with E-state index in [1.165, 1.54) is 12.8 Å². The number of rotatable bonds is 14. The first kappa shape index (κ1) is 22.9. The van der Waals surface area contributed by atoms with Gasteiger partial charge in [0.1, 0.15) is 0 Å². The van der Waals surface area contributed by atoms with Crippen molar-refractivity contribution in [3.05, 3.63) is 24.3 Å². The molecule has 150 valence electrons. The van der Waals surface area contributed by atoms with Gasteiger partial charge in [-0.05, 0) is 44.4 Å². The predicted octanol–water partition coefficient (Wildman–Crippen LogP) is 3.10. The van der Waals surface area contributed by atoms with Crippen LogP contribution in [-0.2, 0) is 9.53 Å². The van der Waals surface area contributed by atoms with Crippen molar-refractivity contribution in [1.29, 1.82) is 0 Å². The Kier molecular flexibility index (Phi) is 12.3. The zero-order valence-electron chi connectivity index (χ0n) is 16.2. The normalized spacial score (nSPS) is 26.3. The molecule has 1 saturated carbocycles. The van der Waals surface area contributed by atoms with E-state index in [0.717, 1.165) is 45.1 Å². The number of nitrogens with two attached hydrogens (primary N) is 1. The SMILES string of the molecule is COCCCCCCC=C[C@@H]1C(CC=CCCCC(N)=O)[C@@H](O)C[C@H]1O. The monoisotopic (exact) mass is 367 g/mol. The van der Waals surface area contributed by atoms with Crippen LogP contribution < -0.4 is 5.73 Å². The van der Waals surface area contributed by atoms with Crippen LogP contribution in [0.1, 0.15) is 64.2 Å². The van der Waals surface area contributed by atoms with E-state index in [1.54, 1.807) is 7.11 Å². The summed E-state index contributed by atoms with van der Waals surface area (Å²) >= 11 is 0. The zero-order valence-corrected chi connectivity index (χ0v) is 16.2. The lowest BCUT2D eigenvalue weighted by atomic mass is 9.89. The first-order valence-corrected chi connectivity index (χ1v) is 10.0. The van der Waals surface area contributed by atoms with Crippen LogP contribution in [0, 0.1) is 11.8 Å². The highest BCUT2D eigenvalue weighted by molar-refractivity contribution is 5.73. The second kappa shape index (κ2) is 14.0. The Hall–Kier alpha value is -1.17. The quantitative estimate of drug-likeness (QED) is 0.325. The molecule has 1 aliphatic rings. The third kappa shape index (κ3) is 9.51. The molecule has 0 aromatic carbocycles. The Morgan fingerprint density at radius 3 is 2.50 bits per heavy atom. The van der Waals surface area contributed by atoms with E-state index in [9.17, 15) is 15.0 Å². The lowest BCUT2D eigenvalue weighted by Crippen LogP contribution is -2.19. The van der Waals surface area contributed by atoms with E-state index in [4.69, 9.17) is 10.5 Å². The number of aliphatic hydroxyl groups is 2. The molecule has 1 rings (SSSR count). The summed E-state index contributed by atoms with van der Waals surface area (Å²) in [6.45, 7) is 0.833. The summed E-state index contributed by atoms with van der Waals surface area (Å²) in [5.41, 5.74) is 5.12. The van der Waals surface area contributed by atoms with Crippen molar-refractivity contribution >= 4 is 5.91 Å². The van der Waals surface area contributed by atoms with Crippen LogP contribution in [0.15, 0.2) is 24.3 Å². The number of allylic oxidation sites excluding steroid dienone is 3. The molecule has 26 heavy (non-hydrogen) atoms. The summed E-state index contributed by atoms with van der Waals surface area (Å²) in [6.07, 6.45) is 16.3. The molecule has 5 nitrogen and oxygen atoms in total. The number of hydrogen-bond acceptors (Lipinski definition) is 4. The minimum Gasteiger partial charge on any atom is -0.393 e. The predicted molar refractivity (Wildman–Crippen MR) is 105 cm³/mol. The molecule has 0 saturated heterocycles. The summed E-state index contributed by atoms with van der Waals surface area (Å²) in [5.74, 6) is -0.180. The molecule has 1 aliphatic carbocycles. The van der Waals surface area contributed by atoms with E-state index in [1.807, 2.05) is 6.08 Å². The van der Waals surface area contributed by atoms with Crippen molar-refractivity contribution in [3.8, 4) is 0 Å². The van der Waals surface area contributed by atoms with Crippen molar-refractivity contribution in [2.24, 2.45) is 17.6 Å². The van der Waals surface area contributed by atoms with Gasteiger partial charge in [0.25, 0.3) is 0 Å². The molecule has 0 aromatic rings. The van der Waals surface area contributed by atoms with Gasteiger partial charge in [0.15, 0.2) is 0 Å². The molecule has 1 unspecified atom stereocenters. The molecular weight excluding hydrogens is 330 g/mol. The number of methoxy groups -OCH3 is 1. The number of hydrogen-bond donors (Lipinski definition) is 3. The van der Waals surface area contributed by atoms with E-state index < -0.39 is 12.2 Å². The fraction of sp³-hybridized carbons (Fsp3) is 0.762. The minimum absolute atomic E-state index is 0.0220. The number of amides is 1. The molecular formula is C21H37NO4. The standard InChI is InChI=1S/C21H37NO4/c1-26-15-11-7-3-2-4-8-12-17-18(20(24)16-19(17)23)13-9-5-6-10-14-21(22)25/h5,8-9,12,17-20,23-24H,2-4,6-7,10-11,13-16H2,1H3,(H2,22,25)/t17-,18?,19-,20+/m1/s1. The third-order valence-electron chi connectivity index (χ3n) is 5.11. The van der Waals surface area contributed by atoms with Gasteiger partial charge in [-0.1, -0.05) is 37.1 Å². The molecule has 0 spiro atoms.